The molecule has 0 aromatic heterocycles. The molecule has 1 fully saturated rings. The fourth-order valence-electron chi connectivity index (χ4n) is 3.04. The molecule has 7 heteroatoms. The highest BCUT2D eigenvalue weighted by Gasteiger charge is 2.28. The molecule has 1 aliphatic rings. The van der Waals surface area contributed by atoms with Crippen molar-refractivity contribution in [3.8, 4) is 0 Å². The molecule has 0 atom stereocenters. The van der Waals surface area contributed by atoms with Gasteiger partial charge in [0.25, 0.3) is 0 Å². The zero-order valence-corrected chi connectivity index (χ0v) is 16.4. The molecule has 1 heterocycles. The number of para-hydroxylation sites is 1. The zero-order chi connectivity index (χ0) is 19.8. The minimum absolute atomic E-state index is 0.0497. The summed E-state index contributed by atoms with van der Waals surface area (Å²) in [5, 5.41) is 2.57. The van der Waals surface area contributed by atoms with Crippen LogP contribution in [-0.4, -0.2) is 67.4 Å². The maximum absolute atomic E-state index is 12.5. The number of unbranched alkanes of at least 4 members (excludes halogenated alkanes) is 1. The lowest BCUT2D eigenvalue weighted by Gasteiger charge is -2.34. The first-order valence-electron chi connectivity index (χ1n) is 9.46. The molecule has 1 aliphatic heterocycles. The normalized spacial score (nSPS) is 15.2. The van der Waals surface area contributed by atoms with Crippen LogP contribution in [0.2, 0.25) is 0 Å². The van der Waals surface area contributed by atoms with E-state index in [0.29, 0.717) is 6.61 Å². The van der Waals surface area contributed by atoms with Gasteiger partial charge in [0.1, 0.15) is 0 Å². The van der Waals surface area contributed by atoms with Crippen LogP contribution in [0.25, 0.3) is 0 Å². The summed E-state index contributed by atoms with van der Waals surface area (Å²) >= 11 is 0. The summed E-state index contributed by atoms with van der Waals surface area (Å²) in [6, 6.07) is 6.61. The summed E-state index contributed by atoms with van der Waals surface area (Å²) in [5.41, 5.74) is 0.533. The van der Waals surface area contributed by atoms with Crippen LogP contribution in [-0.2, 0) is 14.3 Å². The van der Waals surface area contributed by atoms with Gasteiger partial charge >= 0.3 is 17.8 Å². The Labute approximate surface area is 160 Å². The Hall–Kier alpha value is -2.41. The Bertz CT molecular complexity index is 669. The van der Waals surface area contributed by atoms with E-state index in [1.54, 1.807) is 31.3 Å². The first-order chi connectivity index (χ1) is 12.9. The van der Waals surface area contributed by atoms with E-state index < -0.39 is 17.8 Å². The van der Waals surface area contributed by atoms with Crippen molar-refractivity contribution in [2.24, 2.45) is 0 Å². The van der Waals surface area contributed by atoms with Crippen molar-refractivity contribution in [1.29, 1.82) is 0 Å². The molecule has 0 spiro atoms. The fraction of sp³-hybridized carbons (Fsp3) is 0.550. The molecule has 1 saturated heterocycles. The molecule has 0 radical (unpaired) electrons. The van der Waals surface area contributed by atoms with Crippen LogP contribution in [0.1, 0.15) is 43.0 Å². The van der Waals surface area contributed by atoms with Crippen molar-refractivity contribution in [2.45, 2.75) is 38.6 Å². The number of amides is 2. The number of carbonyl (C=O) groups is 3. The van der Waals surface area contributed by atoms with E-state index in [1.165, 1.54) is 4.90 Å². The van der Waals surface area contributed by atoms with E-state index in [2.05, 4.69) is 10.2 Å². The Morgan fingerprint density at radius 2 is 1.89 bits per heavy atom. The van der Waals surface area contributed by atoms with Gasteiger partial charge in [0.15, 0.2) is 0 Å². The minimum atomic E-state index is -0.745. The van der Waals surface area contributed by atoms with Gasteiger partial charge in [-0.3, -0.25) is 9.59 Å². The summed E-state index contributed by atoms with van der Waals surface area (Å²) in [6.45, 7) is 4.14. The highest BCUT2D eigenvalue weighted by atomic mass is 16.5. The molecule has 0 unspecified atom stereocenters. The van der Waals surface area contributed by atoms with Gasteiger partial charge in [-0.1, -0.05) is 25.5 Å². The second-order valence-corrected chi connectivity index (χ2v) is 6.94. The molecule has 7 nitrogen and oxygen atoms in total. The molecule has 2 rings (SSSR count). The lowest BCUT2D eigenvalue weighted by atomic mass is 10.0. The van der Waals surface area contributed by atoms with Crippen LogP contribution in [0.15, 0.2) is 24.3 Å². The van der Waals surface area contributed by atoms with Gasteiger partial charge in [0, 0.05) is 13.1 Å². The van der Waals surface area contributed by atoms with Crippen molar-refractivity contribution in [3.63, 3.8) is 0 Å². The Morgan fingerprint density at radius 1 is 1.22 bits per heavy atom. The number of likely N-dealkylation sites (N-methyl/N-ethyl adjacent to an activating group) is 1. The van der Waals surface area contributed by atoms with E-state index in [1.807, 2.05) is 14.0 Å². The lowest BCUT2D eigenvalue weighted by Crippen LogP contribution is -2.48. The molecule has 1 N–H and O–H groups in total. The van der Waals surface area contributed by atoms with Gasteiger partial charge in [0.2, 0.25) is 0 Å². The van der Waals surface area contributed by atoms with E-state index in [-0.39, 0.29) is 17.3 Å². The third kappa shape index (κ3) is 5.79. The number of ether oxygens (including phenoxy) is 1. The Kier molecular flexibility index (Phi) is 7.79. The maximum atomic E-state index is 12.5. The van der Waals surface area contributed by atoms with E-state index in [0.717, 1.165) is 38.8 Å². The number of carbonyl (C=O) groups excluding carboxylic acids is 3. The number of hydrogen-bond donors (Lipinski definition) is 1. The predicted octanol–water partition coefficient (Wildman–Crippen LogP) is 2.13. The maximum Gasteiger partial charge on any atom is 0.340 e. The van der Waals surface area contributed by atoms with Crippen molar-refractivity contribution in [1.82, 2.24) is 9.80 Å². The third-order valence-electron chi connectivity index (χ3n) is 4.88. The average molecular weight is 375 g/mol. The van der Waals surface area contributed by atoms with Crippen molar-refractivity contribution < 1.29 is 19.1 Å². The summed E-state index contributed by atoms with van der Waals surface area (Å²) in [6.07, 6.45) is 3.38. The number of benzene rings is 1. The summed E-state index contributed by atoms with van der Waals surface area (Å²) in [4.78, 5) is 40.9. The van der Waals surface area contributed by atoms with Crippen LogP contribution in [0.5, 0.6) is 0 Å². The number of hydrogen-bond acceptors (Lipinski definition) is 5. The monoisotopic (exact) mass is 375 g/mol. The highest BCUT2D eigenvalue weighted by molar-refractivity contribution is 6.39. The zero-order valence-electron chi connectivity index (χ0n) is 16.4. The van der Waals surface area contributed by atoms with Crippen LogP contribution < -0.4 is 5.32 Å². The van der Waals surface area contributed by atoms with E-state index in [4.69, 9.17) is 4.74 Å². The van der Waals surface area contributed by atoms with Gasteiger partial charge in [-0.15, -0.1) is 0 Å². The molecule has 148 valence electrons. The van der Waals surface area contributed by atoms with Crippen molar-refractivity contribution >= 4 is 23.5 Å². The topological polar surface area (TPSA) is 78.9 Å². The smallest absolute Gasteiger partial charge is 0.340 e. The summed E-state index contributed by atoms with van der Waals surface area (Å²) in [5.74, 6) is -1.85. The van der Waals surface area contributed by atoms with Crippen LogP contribution >= 0.6 is 0 Å². The SMILES string of the molecule is CCCCOC(=O)c1ccccc1NC(=O)C(=O)N(C)C1CCN(C)CC1. The summed E-state index contributed by atoms with van der Waals surface area (Å²) < 4.78 is 5.21. The number of likely N-dealkylation sites (tertiary alicyclic amines) is 1. The van der Waals surface area contributed by atoms with Gasteiger partial charge in [-0.2, -0.15) is 0 Å². The van der Waals surface area contributed by atoms with Gasteiger partial charge < -0.3 is 19.9 Å². The van der Waals surface area contributed by atoms with E-state index in [9.17, 15) is 14.4 Å². The van der Waals surface area contributed by atoms with Gasteiger partial charge in [0.05, 0.1) is 17.9 Å². The number of anilines is 1. The second-order valence-electron chi connectivity index (χ2n) is 6.94. The fourth-order valence-corrected chi connectivity index (χ4v) is 3.04. The molecule has 27 heavy (non-hydrogen) atoms. The summed E-state index contributed by atoms with van der Waals surface area (Å²) in [7, 11) is 3.70. The van der Waals surface area contributed by atoms with Crippen LogP contribution in [0.3, 0.4) is 0 Å². The number of nitrogens with one attached hydrogen (secondary N) is 1. The lowest BCUT2D eigenvalue weighted by molar-refractivity contribution is -0.144. The molecule has 2 amide bonds. The van der Waals surface area contributed by atoms with Crippen molar-refractivity contribution in [3.05, 3.63) is 29.8 Å². The van der Waals surface area contributed by atoms with Crippen molar-refractivity contribution in [2.75, 3.05) is 39.1 Å². The first-order valence-corrected chi connectivity index (χ1v) is 9.46. The minimum Gasteiger partial charge on any atom is -0.462 e. The van der Waals surface area contributed by atoms with Crippen LogP contribution in [0, 0.1) is 0 Å². The van der Waals surface area contributed by atoms with Gasteiger partial charge in [-0.25, -0.2) is 4.79 Å². The van der Waals surface area contributed by atoms with Crippen LogP contribution in [0.4, 0.5) is 5.69 Å². The molecule has 0 bridgehead atoms. The molecule has 1 aromatic carbocycles. The number of nitrogens with zero attached hydrogens (tertiary/aromatic N) is 2. The number of piperidine rings is 1. The van der Waals surface area contributed by atoms with E-state index >= 15 is 0 Å². The quantitative estimate of drug-likeness (QED) is 0.468. The largest absolute Gasteiger partial charge is 0.462 e. The average Bonchev–Trinajstić information content (AvgIpc) is 2.68. The first kappa shape index (κ1) is 20.9. The standard InChI is InChI=1S/C20H29N3O4/c1-4-5-14-27-20(26)16-8-6-7-9-17(16)21-18(24)19(25)23(3)15-10-12-22(2)13-11-15/h6-9,15H,4-5,10-14H2,1-3H3,(H,21,24). The molecular formula is C20H29N3O4. The van der Waals surface area contributed by atoms with Gasteiger partial charge in [-0.05, 0) is 51.5 Å². The molecule has 0 saturated carbocycles. The Morgan fingerprint density at radius 3 is 2.56 bits per heavy atom. The molecule has 0 aliphatic carbocycles. The number of rotatable bonds is 6. The molecular weight excluding hydrogens is 346 g/mol. The Balaban J connectivity index is 2.00. The predicted molar refractivity (Wildman–Crippen MR) is 104 cm³/mol. The molecule has 1 aromatic rings. The third-order valence-corrected chi connectivity index (χ3v) is 4.88. The number of esters is 1. The highest BCUT2D eigenvalue weighted by Crippen LogP contribution is 2.18. The second kappa shape index (κ2) is 10.1.